The number of likely N-dealkylation sites (tertiary alicyclic amines) is 1. The number of carbonyl (C=O) groups is 3. The number of carbonyl (C=O) groups excluding carboxylic acids is 3. The number of methoxy groups -OCH3 is 1. The fourth-order valence-electron chi connectivity index (χ4n) is 5.60. The minimum Gasteiger partial charge on any atom is -0.497 e. The molecule has 4 rings (SSSR count). The second-order valence-corrected chi connectivity index (χ2v) is 11.3. The Morgan fingerprint density at radius 1 is 1.07 bits per heavy atom. The van der Waals surface area contributed by atoms with Crippen molar-refractivity contribution in [3.8, 4) is 5.75 Å². The predicted molar refractivity (Wildman–Crippen MR) is 152 cm³/mol. The fraction of sp³-hybridized carbons (Fsp3) is 0.531. The minimum atomic E-state index is -0.893. The molecule has 0 saturated carbocycles. The maximum Gasteiger partial charge on any atom is 0.224 e. The molecule has 8 nitrogen and oxygen atoms in total. The fourth-order valence-corrected chi connectivity index (χ4v) is 5.60. The summed E-state index contributed by atoms with van der Waals surface area (Å²) in [6, 6.07) is 15.8. The van der Waals surface area contributed by atoms with Crippen LogP contribution in [0.5, 0.6) is 5.75 Å². The molecule has 2 fully saturated rings. The number of hydrogen-bond acceptors (Lipinski definition) is 7. The smallest absolute Gasteiger partial charge is 0.224 e. The molecule has 40 heavy (non-hydrogen) atoms. The Hall–Kier alpha value is -3.07. The lowest BCUT2D eigenvalue weighted by Crippen LogP contribution is -2.52. The van der Waals surface area contributed by atoms with Gasteiger partial charge in [-0.1, -0.05) is 48.9 Å². The van der Waals surface area contributed by atoms with Gasteiger partial charge in [0.25, 0.3) is 0 Å². The quantitative estimate of drug-likeness (QED) is 0.348. The molecule has 0 unspecified atom stereocenters. The van der Waals surface area contributed by atoms with Crippen LogP contribution in [0.1, 0.15) is 50.7 Å². The van der Waals surface area contributed by atoms with Gasteiger partial charge in [0.2, 0.25) is 5.91 Å². The predicted octanol–water partition coefficient (Wildman–Crippen LogP) is 3.13. The van der Waals surface area contributed by atoms with Crippen LogP contribution in [0.25, 0.3) is 0 Å². The number of aliphatic hydroxyl groups is 1. The molecule has 2 N–H and O–H groups in total. The van der Waals surface area contributed by atoms with E-state index in [1.54, 1.807) is 14.0 Å². The summed E-state index contributed by atoms with van der Waals surface area (Å²) in [5.74, 6) is -0.489. The Bertz CT molecular complexity index is 1150. The van der Waals surface area contributed by atoms with Gasteiger partial charge in [-0.15, -0.1) is 0 Å². The van der Waals surface area contributed by atoms with Crippen molar-refractivity contribution in [2.45, 2.75) is 76.1 Å². The first kappa shape index (κ1) is 29.9. The van der Waals surface area contributed by atoms with Gasteiger partial charge in [0.15, 0.2) is 5.78 Å². The van der Waals surface area contributed by atoms with Gasteiger partial charge in [-0.2, -0.15) is 0 Å². The zero-order chi connectivity index (χ0) is 28.7. The van der Waals surface area contributed by atoms with E-state index < -0.39 is 23.6 Å². The average molecular weight is 551 g/mol. The summed E-state index contributed by atoms with van der Waals surface area (Å²) in [4.78, 5) is 42.9. The Kier molecular flexibility index (Phi) is 10.1. The monoisotopic (exact) mass is 550 g/mol. The number of aliphatic hydroxyl groups excluding tert-OH is 1. The van der Waals surface area contributed by atoms with Crippen LogP contribution >= 0.6 is 0 Å². The normalized spacial score (nSPS) is 23.1. The maximum absolute atomic E-state index is 13.8. The van der Waals surface area contributed by atoms with Gasteiger partial charge in [0.05, 0.1) is 32.4 Å². The molecule has 216 valence electrons. The second kappa shape index (κ2) is 13.5. The number of benzene rings is 2. The van der Waals surface area contributed by atoms with Gasteiger partial charge in [0, 0.05) is 18.4 Å². The van der Waals surface area contributed by atoms with E-state index in [0.29, 0.717) is 25.2 Å². The third-order valence-corrected chi connectivity index (χ3v) is 8.32. The number of ether oxygens (including phenoxy) is 2. The van der Waals surface area contributed by atoms with Gasteiger partial charge in [-0.25, -0.2) is 0 Å². The lowest BCUT2D eigenvalue weighted by molar-refractivity contribution is -0.135. The first-order valence-corrected chi connectivity index (χ1v) is 14.3. The summed E-state index contributed by atoms with van der Waals surface area (Å²) in [5.41, 5.74) is 0.939. The first-order chi connectivity index (χ1) is 19.2. The summed E-state index contributed by atoms with van der Waals surface area (Å²) in [6.45, 7) is 4.71. The highest BCUT2D eigenvalue weighted by atomic mass is 16.6. The third kappa shape index (κ3) is 7.56. The zero-order valence-electron chi connectivity index (χ0n) is 23.8. The van der Waals surface area contributed by atoms with Gasteiger partial charge in [-0.3, -0.25) is 19.3 Å². The van der Waals surface area contributed by atoms with E-state index in [1.165, 1.54) is 0 Å². The highest BCUT2D eigenvalue weighted by molar-refractivity contribution is 5.98. The molecule has 0 aliphatic carbocycles. The zero-order valence-corrected chi connectivity index (χ0v) is 23.8. The van der Waals surface area contributed by atoms with Crippen molar-refractivity contribution in [2.75, 3.05) is 26.9 Å². The standard InChI is InChI=1S/C32H42N2O6/c1-22(34-16-8-7-11-26(34)20-35)29(36)19-25(17-24-12-14-27(39-3)15-13-24)31(38)33-28(30(37)32(2)21-40-32)18-23-9-5-4-6-10-23/h4-6,9-10,12-15,22,25-26,28,35H,7-8,11,16-21H2,1-3H3,(H,33,38)/t22-,25+,26+,28-,32+/m0/s1. The molecule has 2 aliphatic rings. The summed E-state index contributed by atoms with van der Waals surface area (Å²) < 4.78 is 10.7. The van der Waals surface area contributed by atoms with Crippen molar-refractivity contribution in [1.82, 2.24) is 10.2 Å². The topological polar surface area (TPSA) is 108 Å². The Balaban J connectivity index is 1.54. The maximum atomic E-state index is 13.8. The number of rotatable bonds is 14. The lowest BCUT2D eigenvalue weighted by atomic mass is 9.89. The summed E-state index contributed by atoms with van der Waals surface area (Å²) in [5, 5.41) is 12.9. The van der Waals surface area contributed by atoms with Crippen molar-refractivity contribution < 1.29 is 29.0 Å². The first-order valence-electron chi connectivity index (χ1n) is 14.3. The lowest BCUT2D eigenvalue weighted by Gasteiger charge is -2.38. The Morgan fingerprint density at radius 2 is 1.75 bits per heavy atom. The van der Waals surface area contributed by atoms with Crippen LogP contribution in [0.4, 0.5) is 0 Å². The van der Waals surface area contributed by atoms with E-state index in [0.717, 1.165) is 36.9 Å². The van der Waals surface area contributed by atoms with Gasteiger partial charge in [-0.05, 0) is 69.3 Å². The molecule has 2 aromatic rings. The SMILES string of the molecule is COc1ccc(C[C@H](CC(=O)[C@H](C)N2CCCC[C@@H]2CO)C(=O)N[C@@H](Cc2ccccc2)C(=O)[C@@]2(C)CO2)cc1. The van der Waals surface area contributed by atoms with Crippen molar-refractivity contribution >= 4 is 17.5 Å². The molecule has 0 aromatic heterocycles. The van der Waals surface area contributed by atoms with Crippen molar-refractivity contribution in [2.24, 2.45) is 5.92 Å². The van der Waals surface area contributed by atoms with Crippen LogP contribution in [0.3, 0.4) is 0 Å². The molecule has 5 atom stereocenters. The van der Waals surface area contributed by atoms with Crippen molar-refractivity contribution in [1.29, 1.82) is 0 Å². The van der Waals surface area contributed by atoms with Gasteiger partial charge >= 0.3 is 0 Å². The third-order valence-electron chi connectivity index (χ3n) is 8.32. The molecular formula is C32H42N2O6. The molecule has 2 saturated heterocycles. The van der Waals surface area contributed by atoms with Gasteiger partial charge < -0.3 is 19.9 Å². The van der Waals surface area contributed by atoms with Crippen LogP contribution in [-0.2, 0) is 32.0 Å². The second-order valence-electron chi connectivity index (χ2n) is 11.3. The van der Waals surface area contributed by atoms with Crippen LogP contribution < -0.4 is 10.1 Å². The molecule has 0 spiro atoms. The minimum absolute atomic E-state index is 0.0114. The number of amides is 1. The number of piperidine rings is 1. The summed E-state index contributed by atoms with van der Waals surface area (Å²) >= 11 is 0. The van der Waals surface area contributed by atoms with Crippen molar-refractivity contribution in [3.05, 3.63) is 65.7 Å². The van der Waals surface area contributed by atoms with Crippen LogP contribution in [0.15, 0.2) is 54.6 Å². The van der Waals surface area contributed by atoms with Crippen LogP contribution in [0.2, 0.25) is 0 Å². The summed E-state index contributed by atoms with van der Waals surface area (Å²) in [6.07, 6.45) is 3.59. The largest absolute Gasteiger partial charge is 0.497 e. The number of Topliss-reactive ketones (excluding diaryl/α,β-unsaturated/α-hetero) is 2. The van der Waals surface area contributed by atoms with E-state index in [4.69, 9.17) is 9.47 Å². The van der Waals surface area contributed by atoms with Crippen LogP contribution in [0, 0.1) is 5.92 Å². The number of hydrogen-bond donors (Lipinski definition) is 2. The van der Waals surface area contributed by atoms with E-state index in [1.807, 2.05) is 61.5 Å². The van der Waals surface area contributed by atoms with Gasteiger partial charge in [0.1, 0.15) is 17.1 Å². The number of ketones is 2. The average Bonchev–Trinajstić information content (AvgIpc) is 3.74. The van der Waals surface area contributed by atoms with E-state index in [2.05, 4.69) is 10.2 Å². The molecule has 2 aliphatic heterocycles. The van der Waals surface area contributed by atoms with Crippen LogP contribution in [-0.4, -0.2) is 78.1 Å². The Labute approximate surface area is 237 Å². The molecule has 2 heterocycles. The molecule has 2 aromatic carbocycles. The Morgan fingerprint density at radius 3 is 2.38 bits per heavy atom. The summed E-state index contributed by atoms with van der Waals surface area (Å²) in [7, 11) is 1.60. The molecule has 1 amide bonds. The highest BCUT2D eigenvalue weighted by Gasteiger charge is 2.50. The highest BCUT2D eigenvalue weighted by Crippen LogP contribution is 2.30. The van der Waals surface area contributed by atoms with E-state index in [-0.39, 0.29) is 36.5 Å². The van der Waals surface area contributed by atoms with E-state index in [9.17, 15) is 19.5 Å². The number of epoxide rings is 1. The van der Waals surface area contributed by atoms with Crippen molar-refractivity contribution in [3.63, 3.8) is 0 Å². The van der Waals surface area contributed by atoms with E-state index >= 15 is 0 Å². The molecular weight excluding hydrogens is 508 g/mol. The molecule has 0 radical (unpaired) electrons. The number of nitrogens with zero attached hydrogens (tertiary/aromatic N) is 1. The number of nitrogens with one attached hydrogen (secondary N) is 1. The molecule has 8 heteroatoms. The molecule has 0 bridgehead atoms.